The number of hydrogen-bond donors (Lipinski definition) is 1. The number of fused-ring (bicyclic) bond motifs is 1. The largest absolute Gasteiger partial charge is 0.472 e. The third-order valence-electron chi connectivity index (χ3n) is 5.31. The van der Waals surface area contributed by atoms with Crippen molar-refractivity contribution in [1.82, 2.24) is 20.0 Å². The van der Waals surface area contributed by atoms with Crippen molar-refractivity contribution in [2.24, 2.45) is 18.9 Å². The van der Waals surface area contributed by atoms with Gasteiger partial charge in [-0.25, -0.2) is 0 Å². The number of furan rings is 1. The van der Waals surface area contributed by atoms with Crippen LogP contribution in [0.3, 0.4) is 0 Å². The summed E-state index contributed by atoms with van der Waals surface area (Å²) in [5.74, 6) is 0.974. The van der Waals surface area contributed by atoms with E-state index in [0.29, 0.717) is 23.9 Å². The molecular formula is C18H24N4O3. The fraction of sp³-hybridized carbons (Fsp3) is 0.556. The molecule has 0 unspecified atom stereocenters. The first-order chi connectivity index (χ1) is 12.2. The number of nitrogens with one attached hydrogen (secondary N) is 1. The van der Waals surface area contributed by atoms with Gasteiger partial charge in [-0.1, -0.05) is 0 Å². The molecule has 4 rings (SSSR count). The molecule has 1 N–H and O–H groups in total. The quantitative estimate of drug-likeness (QED) is 0.885. The van der Waals surface area contributed by atoms with Crippen molar-refractivity contribution < 1.29 is 13.9 Å². The van der Waals surface area contributed by atoms with Crippen LogP contribution in [0.2, 0.25) is 0 Å². The first-order valence-electron chi connectivity index (χ1n) is 8.81. The molecule has 0 aromatic carbocycles. The Morgan fingerprint density at radius 1 is 1.48 bits per heavy atom. The van der Waals surface area contributed by atoms with E-state index in [0.717, 1.165) is 32.7 Å². The monoisotopic (exact) mass is 344 g/mol. The lowest BCUT2D eigenvalue weighted by atomic mass is 9.84. The Hall–Kier alpha value is -2.12. The fourth-order valence-electron chi connectivity index (χ4n) is 3.93. The minimum absolute atomic E-state index is 0.0813. The summed E-state index contributed by atoms with van der Waals surface area (Å²) in [5.41, 5.74) is 1.79. The number of rotatable bonds is 5. The summed E-state index contributed by atoms with van der Waals surface area (Å²) in [6.07, 6.45) is 8.07. The molecule has 4 heterocycles. The topological polar surface area (TPSA) is 72.5 Å². The predicted octanol–water partition coefficient (Wildman–Crippen LogP) is 1.28. The minimum atomic E-state index is -0.0915. The number of hydrogen-bond acceptors (Lipinski definition) is 5. The molecule has 0 radical (unpaired) electrons. The van der Waals surface area contributed by atoms with E-state index in [9.17, 15) is 4.79 Å². The van der Waals surface area contributed by atoms with Crippen molar-refractivity contribution in [3.63, 3.8) is 0 Å². The first kappa shape index (κ1) is 16.4. The van der Waals surface area contributed by atoms with Gasteiger partial charge in [0, 0.05) is 44.4 Å². The Kier molecular flexibility index (Phi) is 4.59. The Bertz CT molecular complexity index is 712. The lowest BCUT2D eigenvalue weighted by molar-refractivity contribution is 0.0677. The van der Waals surface area contributed by atoms with Crippen LogP contribution in [-0.2, 0) is 18.3 Å². The molecule has 0 bridgehead atoms. The lowest BCUT2D eigenvalue weighted by Crippen LogP contribution is -2.45. The second-order valence-corrected chi connectivity index (χ2v) is 7.06. The van der Waals surface area contributed by atoms with Gasteiger partial charge in [0.2, 0.25) is 0 Å². The molecule has 0 aliphatic carbocycles. The van der Waals surface area contributed by atoms with Crippen molar-refractivity contribution in [1.29, 1.82) is 0 Å². The smallest absolute Gasteiger partial charge is 0.254 e. The molecule has 25 heavy (non-hydrogen) atoms. The zero-order chi connectivity index (χ0) is 17.2. The Morgan fingerprint density at radius 2 is 2.40 bits per heavy atom. The molecule has 7 heteroatoms. The van der Waals surface area contributed by atoms with Crippen LogP contribution >= 0.6 is 0 Å². The van der Waals surface area contributed by atoms with E-state index < -0.39 is 0 Å². The summed E-state index contributed by atoms with van der Waals surface area (Å²) >= 11 is 0. The summed E-state index contributed by atoms with van der Waals surface area (Å²) < 4.78 is 12.8. The van der Waals surface area contributed by atoms with Crippen LogP contribution in [0.15, 0.2) is 35.4 Å². The molecule has 2 aromatic heterocycles. The molecule has 0 saturated carbocycles. The van der Waals surface area contributed by atoms with Gasteiger partial charge in [0.05, 0.1) is 37.0 Å². The molecule has 7 nitrogen and oxygen atoms in total. The van der Waals surface area contributed by atoms with Crippen LogP contribution in [0, 0.1) is 11.8 Å². The van der Waals surface area contributed by atoms with Gasteiger partial charge in [0.25, 0.3) is 5.91 Å². The van der Waals surface area contributed by atoms with Crippen LogP contribution in [0.5, 0.6) is 0 Å². The summed E-state index contributed by atoms with van der Waals surface area (Å²) in [4.78, 5) is 14.7. The number of nitrogens with zero attached hydrogens (tertiary/aromatic N) is 3. The van der Waals surface area contributed by atoms with Crippen LogP contribution in [-0.4, -0.2) is 52.9 Å². The van der Waals surface area contributed by atoms with Crippen LogP contribution in [0.4, 0.5) is 0 Å². The van der Waals surface area contributed by atoms with E-state index in [1.54, 1.807) is 30.4 Å². The molecule has 1 amide bonds. The summed E-state index contributed by atoms with van der Waals surface area (Å²) in [5, 5.41) is 7.04. The van der Waals surface area contributed by atoms with Gasteiger partial charge < -0.3 is 14.5 Å². The number of ether oxygens (including phenoxy) is 1. The number of aromatic nitrogens is 2. The SMILES string of the molecule is Cn1cc(C(=O)NC[C@H]2OC[C@@H]3CCN(Cc4ccoc4)C[C@@H]32)cn1. The second-order valence-electron chi connectivity index (χ2n) is 7.06. The molecule has 134 valence electrons. The van der Waals surface area contributed by atoms with E-state index in [1.165, 1.54) is 5.56 Å². The average molecular weight is 344 g/mol. The Morgan fingerprint density at radius 3 is 3.16 bits per heavy atom. The van der Waals surface area contributed by atoms with Crippen molar-refractivity contribution in [2.45, 2.75) is 19.1 Å². The minimum Gasteiger partial charge on any atom is -0.472 e. The van der Waals surface area contributed by atoms with E-state index in [2.05, 4.69) is 15.3 Å². The number of carbonyl (C=O) groups excluding carboxylic acids is 1. The standard InChI is InChI=1S/C18H24N4O3/c1-21-9-15(6-20-21)18(23)19-7-17-16-10-22(4-2-14(16)12-25-17)8-13-3-5-24-11-13/h3,5-6,9,11,14,16-17H,2,4,7-8,10,12H2,1H3,(H,19,23)/t14-,16-,17+/m0/s1. The van der Waals surface area contributed by atoms with E-state index in [4.69, 9.17) is 9.15 Å². The highest BCUT2D eigenvalue weighted by Gasteiger charge is 2.40. The first-order valence-corrected chi connectivity index (χ1v) is 8.81. The second kappa shape index (κ2) is 7.01. The normalized spacial score (nSPS) is 26.5. The number of carbonyl (C=O) groups is 1. The van der Waals surface area contributed by atoms with E-state index in [1.807, 2.05) is 12.3 Å². The van der Waals surface area contributed by atoms with E-state index >= 15 is 0 Å². The summed E-state index contributed by atoms with van der Waals surface area (Å²) in [6, 6.07) is 2.02. The van der Waals surface area contributed by atoms with E-state index in [-0.39, 0.29) is 12.0 Å². The Balaban J connectivity index is 1.32. The lowest BCUT2D eigenvalue weighted by Gasteiger charge is -2.35. The maximum absolute atomic E-state index is 12.2. The third-order valence-corrected chi connectivity index (χ3v) is 5.31. The molecule has 2 aliphatic heterocycles. The fourth-order valence-corrected chi connectivity index (χ4v) is 3.93. The number of amides is 1. The predicted molar refractivity (Wildman–Crippen MR) is 90.9 cm³/mol. The Labute approximate surface area is 146 Å². The van der Waals surface area contributed by atoms with Gasteiger partial charge >= 0.3 is 0 Å². The highest BCUT2D eigenvalue weighted by molar-refractivity contribution is 5.93. The zero-order valence-corrected chi connectivity index (χ0v) is 14.4. The van der Waals surface area contributed by atoms with Crippen molar-refractivity contribution in [2.75, 3.05) is 26.2 Å². The van der Waals surface area contributed by atoms with Crippen LogP contribution in [0.25, 0.3) is 0 Å². The highest BCUT2D eigenvalue weighted by atomic mass is 16.5. The maximum Gasteiger partial charge on any atom is 0.254 e. The van der Waals surface area contributed by atoms with Crippen molar-refractivity contribution in [3.8, 4) is 0 Å². The molecule has 2 aliphatic rings. The molecule has 3 atom stereocenters. The number of likely N-dealkylation sites (tertiary alicyclic amines) is 1. The number of aryl methyl sites for hydroxylation is 1. The zero-order valence-electron chi connectivity index (χ0n) is 14.4. The molecular weight excluding hydrogens is 320 g/mol. The van der Waals surface area contributed by atoms with Gasteiger partial charge in [-0.3, -0.25) is 14.4 Å². The maximum atomic E-state index is 12.2. The van der Waals surface area contributed by atoms with Gasteiger partial charge in [-0.05, 0) is 24.9 Å². The molecule has 0 spiro atoms. The van der Waals surface area contributed by atoms with Gasteiger partial charge in [0.1, 0.15) is 0 Å². The van der Waals surface area contributed by atoms with Crippen LogP contribution < -0.4 is 5.32 Å². The van der Waals surface area contributed by atoms with Gasteiger partial charge in [-0.2, -0.15) is 5.10 Å². The van der Waals surface area contributed by atoms with Crippen molar-refractivity contribution >= 4 is 5.91 Å². The van der Waals surface area contributed by atoms with Crippen molar-refractivity contribution in [3.05, 3.63) is 42.1 Å². The molecule has 2 aromatic rings. The van der Waals surface area contributed by atoms with Crippen LogP contribution in [0.1, 0.15) is 22.3 Å². The average Bonchev–Trinajstić information content (AvgIpc) is 3.34. The number of piperidine rings is 1. The molecule has 2 saturated heterocycles. The highest BCUT2D eigenvalue weighted by Crippen LogP contribution is 2.34. The summed E-state index contributed by atoms with van der Waals surface area (Å²) in [6.45, 7) is 4.36. The van der Waals surface area contributed by atoms with Gasteiger partial charge in [0.15, 0.2) is 0 Å². The van der Waals surface area contributed by atoms with Gasteiger partial charge in [-0.15, -0.1) is 0 Å². The third kappa shape index (κ3) is 3.62. The summed E-state index contributed by atoms with van der Waals surface area (Å²) in [7, 11) is 1.80. The molecule has 2 fully saturated rings.